The maximum absolute atomic E-state index is 5.56. The Morgan fingerprint density at radius 3 is 3.00 bits per heavy atom. The number of nitrogens with zero attached hydrogens (tertiary/aromatic N) is 1. The van der Waals surface area contributed by atoms with E-state index in [1.54, 1.807) is 13.3 Å². The molecule has 0 amide bonds. The molecule has 0 aromatic carbocycles. The lowest BCUT2D eigenvalue weighted by Crippen LogP contribution is -2.09. The molecule has 1 heterocycles. The summed E-state index contributed by atoms with van der Waals surface area (Å²) < 4.78 is 5.06. The highest BCUT2D eigenvalue weighted by Crippen LogP contribution is 2.10. The lowest BCUT2D eigenvalue weighted by molar-refractivity contribution is 0.414. The van der Waals surface area contributed by atoms with Crippen LogP contribution in [0.1, 0.15) is 12.6 Å². The zero-order valence-corrected chi connectivity index (χ0v) is 7.90. The molecule has 0 saturated carbocycles. The van der Waals surface area contributed by atoms with Crippen LogP contribution in [0.15, 0.2) is 24.4 Å². The minimum Gasteiger partial charge on any atom is -0.497 e. The van der Waals surface area contributed by atoms with E-state index in [4.69, 9.17) is 10.5 Å². The quantitative estimate of drug-likeness (QED) is 0.762. The molecule has 3 heteroatoms. The van der Waals surface area contributed by atoms with Gasteiger partial charge >= 0.3 is 0 Å². The number of nitrogens with two attached hydrogens (primary N) is 1. The van der Waals surface area contributed by atoms with Crippen LogP contribution in [-0.2, 0) is 0 Å². The summed E-state index contributed by atoms with van der Waals surface area (Å²) >= 11 is 0. The monoisotopic (exact) mass is 178 g/mol. The summed E-state index contributed by atoms with van der Waals surface area (Å²) in [5.41, 5.74) is 6.42. The molecule has 0 aliphatic heterocycles. The molecule has 70 valence electrons. The van der Waals surface area contributed by atoms with E-state index in [2.05, 4.69) is 4.98 Å². The Labute approximate surface area is 78.2 Å². The van der Waals surface area contributed by atoms with Crippen molar-refractivity contribution in [3.63, 3.8) is 0 Å². The smallest absolute Gasteiger partial charge is 0.122 e. The minimum atomic E-state index is 0.0491. The number of aromatic nitrogens is 1. The fourth-order valence-corrected chi connectivity index (χ4v) is 0.896. The van der Waals surface area contributed by atoms with Gasteiger partial charge in [0, 0.05) is 18.3 Å². The predicted octanol–water partition coefficient (Wildman–Crippen LogP) is 1.45. The number of pyridine rings is 1. The second kappa shape index (κ2) is 4.62. The van der Waals surface area contributed by atoms with Crippen LogP contribution in [-0.4, -0.2) is 18.1 Å². The minimum absolute atomic E-state index is 0.0491. The van der Waals surface area contributed by atoms with Crippen molar-refractivity contribution in [3.8, 4) is 5.75 Å². The van der Waals surface area contributed by atoms with Crippen LogP contribution in [0.25, 0.3) is 6.08 Å². The van der Waals surface area contributed by atoms with Gasteiger partial charge in [0.15, 0.2) is 0 Å². The van der Waals surface area contributed by atoms with Crippen molar-refractivity contribution in [2.24, 2.45) is 5.73 Å². The molecular formula is C10H14N2O. The number of ether oxygens (including phenoxy) is 1. The summed E-state index contributed by atoms with van der Waals surface area (Å²) in [7, 11) is 1.63. The van der Waals surface area contributed by atoms with Gasteiger partial charge in [0.05, 0.1) is 12.8 Å². The van der Waals surface area contributed by atoms with Crippen LogP contribution in [0.5, 0.6) is 5.75 Å². The zero-order chi connectivity index (χ0) is 9.68. The first-order chi connectivity index (χ1) is 6.22. The normalized spacial score (nSPS) is 13.2. The molecule has 0 saturated heterocycles. The molecule has 0 spiro atoms. The molecular weight excluding hydrogens is 164 g/mol. The average Bonchev–Trinajstić information content (AvgIpc) is 2.15. The van der Waals surface area contributed by atoms with E-state index in [9.17, 15) is 0 Å². The first-order valence-corrected chi connectivity index (χ1v) is 4.16. The fraction of sp³-hybridized carbons (Fsp3) is 0.300. The summed E-state index contributed by atoms with van der Waals surface area (Å²) in [5, 5.41) is 0. The topological polar surface area (TPSA) is 48.1 Å². The van der Waals surface area contributed by atoms with Crippen molar-refractivity contribution in [1.82, 2.24) is 4.98 Å². The second-order valence-corrected chi connectivity index (χ2v) is 2.84. The first-order valence-electron chi connectivity index (χ1n) is 4.16. The summed E-state index contributed by atoms with van der Waals surface area (Å²) in [6.07, 6.45) is 5.48. The van der Waals surface area contributed by atoms with Gasteiger partial charge in [-0.05, 0) is 19.1 Å². The van der Waals surface area contributed by atoms with Gasteiger partial charge in [0.1, 0.15) is 5.75 Å². The highest BCUT2D eigenvalue weighted by molar-refractivity contribution is 5.47. The molecule has 1 aromatic rings. The number of rotatable bonds is 3. The lowest BCUT2D eigenvalue weighted by Gasteiger charge is -1.99. The maximum Gasteiger partial charge on any atom is 0.122 e. The third-order valence-electron chi connectivity index (χ3n) is 1.56. The van der Waals surface area contributed by atoms with Gasteiger partial charge in [0.2, 0.25) is 0 Å². The summed E-state index contributed by atoms with van der Waals surface area (Å²) in [6.45, 7) is 1.91. The summed E-state index contributed by atoms with van der Waals surface area (Å²) in [6, 6.07) is 3.72. The van der Waals surface area contributed by atoms with Crippen molar-refractivity contribution in [3.05, 3.63) is 30.1 Å². The Balaban J connectivity index is 2.77. The molecule has 1 atom stereocenters. The van der Waals surface area contributed by atoms with Crippen molar-refractivity contribution in [2.45, 2.75) is 13.0 Å². The Hall–Kier alpha value is -1.35. The Kier molecular flexibility index (Phi) is 3.46. The van der Waals surface area contributed by atoms with E-state index < -0.39 is 0 Å². The molecule has 13 heavy (non-hydrogen) atoms. The Morgan fingerprint density at radius 2 is 2.38 bits per heavy atom. The van der Waals surface area contributed by atoms with Crippen LogP contribution in [0.2, 0.25) is 0 Å². The van der Waals surface area contributed by atoms with Crippen molar-refractivity contribution >= 4 is 6.08 Å². The van der Waals surface area contributed by atoms with Crippen LogP contribution < -0.4 is 10.5 Å². The fourth-order valence-electron chi connectivity index (χ4n) is 0.896. The largest absolute Gasteiger partial charge is 0.497 e. The van der Waals surface area contributed by atoms with E-state index in [1.807, 2.05) is 31.2 Å². The van der Waals surface area contributed by atoms with Crippen molar-refractivity contribution in [1.29, 1.82) is 0 Å². The number of hydrogen-bond donors (Lipinski definition) is 1. The van der Waals surface area contributed by atoms with Crippen LogP contribution in [0, 0.1) is 0 Å². The molecule has 2 N–H and O–H groups in total. The molecule has 1 aromatic heterocycles. The van der Waals surface area contributed by atoms with E-state index in [0.29, 0.717) is 0 Å². The first kappa shape index (κ1) is 9.74. The lowest BCUT2D eigenvalue weighted by atomic mass is 10.2. The van der Waals surface area contributed by atoms with E-state index in [1.165, 1.54) is 0 Å². The second-order valence-electron chi connectivity index (χ2n) is 2.84. The predicted molar refractivity (Wildman–Crippen MR) is 53.5 cm³/mol. The summed E-state index contributed by atoms with van der Waals surface area (Å²) in [5.74, 6) is 0.805. The van der Waals surface area contributed by atoms with Gasteiger partial charge < -0.3 is 10.5 Å². The maximum atomic E-state index is 5.56. The van der Waals surface area contributed by atoms with Crippen LogP contribution >= 0.6 is 0 Å². The van der Waals surface area contributed by atoms with E-state index in [0.717, 1.165) is 11.4 Å². The third-order valence-corrected chi connectivity index (χ3v) is 1.56. The third kappa shape index (κ3) is 3.25. The van der Waals surface area contributed by atoms with Gasteiger partial charge in [-0.3, -0.25) is 4.98 Å². The molecule has 0 bridgehead atoms. The SMILES string of the molecule is COc1ccnc(/C=C/C(C)N)c1. The standard InChI is InChI=1S/C10H14N2O/c1-8(11)3-4-9-7-10(13-2)5-6-12-9/h3-8H,11H2,1-2H3/b4-3+. The molecule has 0 radical (unpaired) electrons. The average molecular weight is 178 g/mol. The molecule has 1 rings (SSSR count). The van der Waals surface area contributed by atoms with E-state index >= 15 is 0 Å². The Morgan fingerprint density at radius 1 is 1.62 bits per heavy atom. The molecule has 3 nitrogen and oxygen atoms in total. The van der Waals surface area contributed by atoms with Gasteiger partial charge in [-0.25, -0.2) is 0 Å². The highest BCUT2D eigenvalue weighted by atomic mass is 16.5. The van der Waals surface area contributed by atoms with Gasteiger partial charge in [-0.15, -0.1) is 0 Å². The molecule has 1 unspecified atom stereocenters. The van der Waals surface area contributed by atoms with Gasteiger partial charge in [0.25, 0.3) is 0 Å². The Bertz CT molecular complexity index is 295. The molecule has 0 fully saturated rings. The van der Waals surface area contributed by atoms with Gasteiger partial charge in [-0.1, -0.05) is 6.08 Å². The number of hydrogen-bond acceptors (Lipinski definition) is 3. The molecule has 0 aliphatic rings. The van der Waals surface area contributed by atoms with Gasteiger partial charge in [-0.2, -0.15) is 0 Å². The number of methoxy groups -OCH3 is 1. The molecule has 0 aliphatic carbocycles. The highest BCUT2D eigenvalue weighted by Gasteiger charge is 1.92. The zero-order valence-electron chi connectivity index (χ0n) is 7.90. The van der Waals surface area contributed by atoms with Crippen molar-refractivity contribution in [2.75, 3.05) is 7.11 Å². The summed E-state index contributed by atoms with van der Waals surface area (Å²) in [4.78, 5) is 4.14. The van der Waals surface area contributed by atoms with Crippen molar-refractivity contribution < 1.29 is 4.74 Å². The van der Waals surface area contributed by atoms with E-state index in [-0.39, 0.29) is 6.04 Å². The van der Waals surface area contributed by atoms with Crippen LogP contribution in [0.4, 0.5) is 0 Å². The van der Waals surface area contributed by atoms with Crippen LogP contribution in [0.3, 0.4) is 0 Å².